The van der Waals surface area contributed by atoms with Gasteiger partial charge in [0.15, 0.2) is 11.7 Å². The van der Waals surface area contributed by atoms with Gasteiger partial charge in [-0.05, 0) is 19.1 Å². The van der Waals surface area contributed by atoms with E-state index in [1.54, 1.807) is 0 Å². The molecular weight excluding hydrogens is 289 g/mol. The molecule has 0 aliphatic heterocycles. The van der Waals surface area contributed by atoms with Gasteiger partial charge in [-0.2, -0.15) is 5.26 Å². The van der Waals surface area contributed by atoms with Gasteiger partial charge in [-0.1, -0.05) is 12.1 Å². The van der Waals surface area contributed by atoms with E-state index in [1.165, 1.54) is 31.2 Å². The average molecular weight is 299 g/mol. The Bertz CT molecular complexity index is 782. The van der Waals surface area contributed by atoms with Gasteiger partial charge >= 0.3 is 0 Å². The lowest BCUT2D eigenvalue weighted by Gasteiger charge is -2.10. The number of nitriles is 1. The van der Waals surface area contributed by atoms with E-state index in [0.717, 1.165) is 12.3 Å². The van der Waals surface area contributed by atoms with Crippen molar-refractivity contribution >= 4 is 11.5 Å². The second-order valence-corrected chi connectivity index (χ2v) is 4.53. The molecule has 0 N–H and O–H groups in total. The maximum Gasteiger partial charge on any atom is 0.273 e. The Morgan fingerprint density at radius 2 is 2.14 bits per heavy atom. The van der Waals surface area contributed by atoms with Crippen LogP contribution in [0.4, 0.5) is 10.1 Å². The van der Waals surface area contributed by atoms with Crippen LogP contribution in [-0.4, -0.2) is 15.7 Å². The van der Waals surface area contributed by atoms with Crippen molar-refractivity contribution in [3.8, 4) is 6.07 Å². The number of nitrogens with zero attached hydrogens (tertiary/aromatic N) is 3. The Labute approximate surface area is 125 Å². The van der Waals surface area contributed by atoms with E-state index in [0.29, 0.717) is 0 Å². The number of aromatic nitrogens is 1. The van der Waals surface area contributed by atoms with Crippen LogP contribution in [0.3, 0.4) is 0 Å². The molecule has 0 spiro atoms. The highest BCUT2D eigenvalue weighted by Gasteiger charge is 2.27. The lowest BCUT2D eigenvalue weighted by Crippen LogP contribution is -2.14. The number of benzene rings is 1. The van der Waals surface area contributed by atoms with E-state index >= 15 is 0 Å². The summed E-state index contributed by atoms with van der Waals surface area (Å²) in [6.07, 6.45) is 0.910. The standard InChI is InChI=1S/C15H10FN3O3/c1-9-11(3-2-4-14(9)19(21)22)15(20)12(7-17)13-6-5-10(16)8-18-13/h2-6,8,12H,1H3/t12-/m1/s1. The van der Waals surface area contributed by atoms with Gasteiger partial charge in [0.2, 0.25) is 0 Å². The van der Waals surface area contributed by atoms with Gasteiger partial charge in [0.1, 0.15) is 5.82 Å². The molecule has 2 aromatic rings. The smallest absolute Gasteiger partial charge is 0.273 e. The summed E-state index contributed by atoms with van der Waals surface area (Å²) in [5.74, 6) is -2.44. The molecule has 2 rings (SSSR count). The molecule has 0 radical (unpaired) electrons. The lowest BCUT2D eigenvalue weighted by atomic mass is 9.92. The first kappa shape index (κ1) is 15.3. The van der Waals surface area contributed by atoms with Crippen LogP contribution in [0, 0.1) is 34.2 Å². The summed E-state index contributed by atoms with van der Waals surface area (Å²) in [6.45, 7) is 1.44. The minimum atomic E-state index is -1.25. The van der Waals surface area contributed by atoms with Crippen molar-refractivity contribution < 1.29 is 14.1 Å². The zero-order chi connectivity index (χ0) is 16.3. The number of nitro groups is 1. The van der Waals surface area contributed by atoms with Crippen LogP contribution in [0.2, 0.25) is 0 Å². The van der Waals surface area contributed by atoms with E-state index in [4.69, 9.17) is 0 Å². The van der Waals surface area contributed by atoms with Gasteiger partial charge in [0.05, 0.1) is 22.9 Å². The van der Waals surface area contributed by atoms with Crippen LogP contribution in [-0.2, 0) is 0 Å². The van der Waals surface area contributed by atoms with Crippen molar-refractivity contribution in [3.05, 3.63) is 69.3 Å². The highest BCUT2D eigenvalue weighted by molar-refractivity contribution is 6.04. The topological polar surface area (TPSA) is 96.9 Å². The Hall–Kier alpha value is -3.14. The molecule has 1 heterocycles. The summed E-state index contributed by atoms with van der Waals surface area (Å²) in [4.78, 5) is 26.5. The molecule has 0 bridgehead atoms. The number of pyridine rings is 1. The van der Waals surface area contributed by atoms with Gasteiger partial charge < -0.3 is 0 Å². The highest BCUT2D eigenvalue weighted by atomic mass is 19.1. The average Bonchev–Trinajstić information content (AvgIpc) is 2.49. The molecule has 0 aliphatic carbocycles. The van der Waals surface area contributed by atoms with E-state index in [1.807, 2.05) is 6.07 Å². The predicted octanol–water partition coefficient (Wildman–Crippen LogP) is 2.93. The second-order valence-electron chi connectivity index (χ2n) is 4.53. The first-order valence-corrected chi connectivity index (χ1v) is 6.25. The first-order valence-electron chi connectivity index (χ1n) is 6.25. The normalized spacial score (nSPS) is 11.5. The van der Waals surface area contributed by atoms with Crippen molar-refractivity contribution in [2.75, 3.05) is 0 Å². The number of halogens is 1. The van der Waals surface area contributed by atoms with Crippen LogP contribution < -0.4 is 0 Å². The lowest BCUT2D eigenvalue weighted by molar-refractivity contribution is -0.385. The fourth-order valence-corrected chi connectivity index (χ4v) is 2.06. The molecule has 0 amide bonds. The van der Waals surface area contributed by atoms with Gasteiger partial charge in [0.25, 0.3) is 5.69 Å². The monoisotopic (exact) mass is 299 g/mol. The Kier molecular flexibility index (Phi) is 4.23. The van der Waals surface area contributed by atoms with Crippen molar-refractivity contribution in [1.29, 1.82) is 5.26 Å². The molecule has 1 atom stereocenters. The summed E-state index contributed by atoms with van der Waals surface area (Å²) in [5.41, 5.74) is 0.154. The molecule has 0 saturated heterocycles. The molecule has 1 aromatic carbocycles. The molecular formula is C15H10FN3O3. The predicted molar refractivity (Wildman–Crippen MR) is 74.7 cm³/mol. The third-order valence-electron chi connectivity index (χ3n) is 3.20. The molecule has 110 valence electrons. The zero-order valence-electron chi connectivity index (χ0n) is 11.5. The number of Topliss-reactive ketones (excluding diaryl/α,β-unsaturated/α-hetero) is 1. The number of nitro benzene ring substituents is 1. The van der Waals surface area contributed by atoms with Crippen molar-refractivity contribution in [2.45, 2.75) is 12.8 Å². The summed E-state index contributed by atoms with van der Waals surface area (Å²) in [5, 5.41) is 20.1. The minimum Gasteiger partial charge on any atom is -0.292 e. The van der Waals surface area contributed by atoms with Gasteiger partial charge in [-0.25, -0.2) is 4.39 Å². The Morgan fingerprint density at radius 1 is 1.41 bits per heavy atom. The van der Waals surface area contributed by atoms with E-state index in [2.05, 4.69) is 4.98 Å². The maximum atomic E-state index is 12.9. The van der Waals surface area contributed by atoms with Gasteiger partial charge in [-0.15, -0.1) is 0 Å². The Morgan fingerprint density at radius 3 is 2.68 bits per heavy atom. The van der Waals surface area contributed by atoms with E-state index in [-0.39, 0.29) is 22.5 Å². The fraction of sp³-hybridized carbons (Fsp3) is 0.133. The largest absolute Gasteiger partial charge is 0.292 e. The third kappa shape index (κ3) is 2.81. The van der Waals surface area contributed by atoms with Crippen molar-refractivity contribution in [3.63, 3.8) is 0 Å². The van der Waals surface area contributed by atoms with E-state index < -0.39 is 22.4 Å². The summed E-state index contributed by atoms with van der Waals surface area (Å²) in [7, 11) is 0. The molecule has 22 heavy (non-hydrogen) atoms. The molecule has 1 aromatic heterocycles. The number of rotatable bonds is 4. The van der Waals surface area contributed by atoms with E-state index in [9.17, 15) is 24.6 Å². The molecule has 6 nitrogen and oxygen atoms in total. The van der Waals surface area contributed by atoms with Crippen LogP contribution in [0.5, 0.6) is 0 Å². The molecule has 7 heteroatoms. The molecule has 0 aliphatic rings. The molecule has 0 saturated carbocycles. The number of carbonyl (C=O) groups excluding carboxylic acids is 1. The number of hydrogen-bond donors (Lipinski definition) is 0. The van der Waals surface area contributed by atoms with Crippen LogP contribution in [0.1, 0.15) is 27.5 Å². The van der Waals surface area contributed by atoms with Crippen LogP contribution >= 0.6 is 0 Å². The number of carbonyl (C=O) groups is 1. The number of ketones is 1. The quantitative estimate of drug-likeness (QED) is 0.491. The van der Waals surface area contributed by atoms with Crippen molar-refractivity contribution in [2.24, 2.45) is 0 Å². The highest BCUT2D eigenvalue weighted by Crippen LogP contribution is 2.26. The fourth-order valence-electron chi connectivity index (χ4n) is 2.06. The number of hydrogen-bond acceptors (Lipinski definition) is 5. The summed E-state index contributed by atoms with van der Waals surface area (Å²) in [6, 6.07) is 8.23. The maximum absolute atomic E-state index is 12.9. The van der Waals surface area contributed by atoms with Gasteiger partial charge in [0, 0.05) is 17.2 Å². The van der Waals surface area contributed by atoms with Crippen molar-refractivity contribution in [1.82, 2.24) is 4.98 Å². The summed E-state index contributed by atoms with van der Waals surface area (Å²) >= 11 is 0. The molecule has 0 unspecified atom stereocenters. The minimum absolute atomic E-state index is 0.0758. The van der Waals surface area contributed by atoms with Crippen LogP contribution in [0.15, 0.2) is 36.5 Å². The van der Waals surface area contributed by atoms with Crippen LogP contribution in [0.25, 0.3) is 0 Å². The Balaban J connectivity index is 2.46. The van der Waals surface area contributed by atoms with Gasteiger partial charge in [-0.3, -0.25) is 19.9 Å². The second kappa shape index (κ2) is 6.10. The first-order chi connectivity index (χ1) is 10.5. The summed E-state index contributed by atoms with van der Waals surface area (Å²) < 4.78 is 12.9. The molecule has 0 fully saturated rings. The third-order valence-corrected chi connectivity index (χ3v) is 3.20. The SMILES string of the molecule is Cc1c(C(=O)[C@H](C#N)c2ccc(F)cn2)cccc1[N+](=O)[O-]. The zero-order valence-corrected chi connectivity index (χ0v) is 11.5.